The third-order valence-corrected chi connectivity index (χ3v) is 11.8. The highest BCUT2D eigenvalue weighted by Gasteiger charge is 2.62. The van der Waals surface area contributed by atoms with Crippen molar-refractivity contribution in [1.29, 1.82) is 0 Å². The number of fused-ring (bicyclic) bond motifs is 1. The maximum absolute atomic E-state index is 13.1. The third kappa shape index (κ3) is 5.11. The molecule has 232 valence electrons. The second-order valence-corrected chi connectivity index (χ2v) is 14.9. The smallest absolute Gasteiger partial charge is 0.229 e. The van der Waals surface area contributed by atoms with Crippen LogP contribution in [0.2, 0.25) is 0 Å². The quantitative estimate of drug-likeness (QED) is 0.386. The van der Waals surface area contributed by atoms with Gasteiger partial charge in [-0.1, -0.05) is 17.4 Å². The van der Waals surface area contributed by atoms with Gasteiger partial charge in [-0.05, 0) is 81.9 Å². The molecule has 0 spiro atoms. The lowest BCUT2D eigenvalue weighted by molar-refractivity contribution is -0.180. The normalized spacial score (nSPS) is 33.0. The summed E-state index contributed by atoms with van der Waals surface area (Å²) >= 11 is 1.48. The fourth-order valence-corrected chi connectivity index (χ4v) is 8.98. The number of thiazole rings is 1. The second-order valence-electron chi connectivity index (χ2n) is 13.8. The van der Waals surface area contributed by atoms with Crippen LogP contribution in [0.5, 0.6) is 0 Å². The van der Waals surface area contributed by atoms with Gasteiger partial charge in [0.15, 0.2) is 11.0 Å². The van der Waals surface area contributed by atoms with Gasteiger partial charge in [-0.3, -0.25) is 14.5 Å². The number of hydrogen-bond donors (Lipinski definition) is 2. The molecule has 5 saturated carbocycles. The molecule has 2 aromatic heterocycles. The molecular weight excluding hydrogens is 576 g/mol. The Labute approximate surface area is 261 Å². The van der Waals surface area contributed by atoms with Crippen LogP contribution in [0.4, 0.5) is 5.13 Å². The zero-order valence-electron chi connectivity index (χ0n) is 25.2. The van der Waals surface area contributed by atoms with Gasteiger partial charge in [-0.25, -0.2) is 15.0 Å². The lowest BCUT2D eigenvalue weighted by atomic mass is 9.44. The molecule has 1 aromatic carbocycles. The first-order valence-corrected chi connectivity index (χ1v) is 17.0. The molecule has 5 aliphatic carbocycles. The van der Waals surface area contributed by atoms with Crippen molar-refractivity contribution in [2.45, 2.75) is 89.2 Å². The number of ether oxygens (including phenoxy) is 1. The average Bonchev–Trinajstić information content (AvgIpc) is 3.54. The number of benzene rings is 1. The van der Waals surface area contributed by atoms with Gasteiger partial charge in [-0.2, -0.15) is 0 Å². The number of nitrogens with one attached hydrogen (secondary N) is 1. The molecule has 1 aliphatic heterocycles. The first-order chi connectivity index (χ1) is 21.3. The minimum absolute atomic E-state index is 0.00471. The molecule has 0 radical (unpaired) electrons. The Kier molecular flexibility index (Phi) is 7.20. The van der Waals surface area contributed by atoms with Crippen LogP contribution in [0.3, 0.4) is 0 Å². The highest BCUT2D eigenvalue weighted by Crippen LogP contribution is 2.65. The van der Waals surface area contributed by atoms with Crippen molar-refractivity contribution in [3.63, 3.8) is 0 Å². The summed E-state index contributed by atoms with van der Waals surface area (Å²) in [6.45, 7) is 5.04. The third-order valence-electron chi connectivity index (χ3n) is 10.9. The minimum Gasteiger partial charge on any atom is -0.390 e. The zero-order chi connectivity index (χ0) is 30.0. The van der Waals surface area contributed by atoms with E-state index in [1.165, 1.54) is 11.3 Å². The number of nitrogens with zero attached hydrogens (tertiary/aromatic N) is 5. The number of aromatic nitrogens is 3. The van der Waals surface area contributed by atoms with Crippen molar-refractivity contribution in [3.05, 3.63) is 36.4 Å². The molecular formula is C33H40N6O4S. The average molecular weight is 617 g/mol. The van der Waals surface area contributed by atoms with E-state index >= 15 is 0 Å². The summed E-state index contributed by atoms with van der Waals surface area (Å²) in [7, 11) is 0. The van der Waals surface area contributed by atoms with Gasteiger partial charge in [0, 0.05) is 55.6 Å². The predicted molar refractivity (Wildman–Crippen MR) is 167 cm³/mol. The van der Waals surface area contributed by atoms with Crippen molar-refractivity contribution in [2.75, 3.05) is 25.0 Å². The number of amides is 2. The molecule has 9 rings (SSSR count). The fourth-order valence-electron chi connectivity index (χ4n) is 8.07. The van der Waals surface area contributed by atoms with E-state index in [4.69, 9.17) is 4.74 Å². The Morgan fingerprint density at radius 1 is 1.11 bits per heavy atom. The van der Waals surface area contributed by atoms with Gasteiger partial charge in [0.05, 0.1) is 27.8 Å². The number of piperazine rings is 1. The largest absolute Gasteiger partial charge is 0.390 e. The molecule has 10 nitrogen and oxygen atoms in total. The molecule has 11 heteroatoms. The van der Waals surface area contributed by atoms with Crippen LogP contribution in [0.15, 0.2) is 30.6 Å². The minimum atomic E-state index is -0.393. The number of rotatable bonds is 8. The fraction of sp³-hybridized carbons (Fsp3) is 0.606. The second kappa shape index (κ2) is 11.1. The maximum Gasteiger partial charge on any atom is 0.229 e. The molecule has 2 amide bonds. The van der Waals surface area contributed by atoms with Crippen LogP contribution >= 0.6 is 11.3 Å². The van der Waals surface area contributed by atoms with Crippen molar-refractivity contribution in [3.8, 4) is 11.1 Å². The summed E-state index contributed by atoms with van der Waals surface area (Å²) in [6, 6.07) is 6.76. The van der Waals surface area contributed by atoms with Crippen LogP contribution in [0, 0.1) is 17.3 Å². The van der Waals surface area contributed by atoms with Crippen molar-refractivity contribution in [2.24, 2.45) is 17.3 Å². The SMILES string of the molecule is C[C@H]1CN(C(=O)C23CC(C2)C3)CCN1C1CC(C(=O)Nc2nc3ccc(-c4cnc(CO[C@H]5CCC[C@@H]5O)nc4)cc3s2)C1. The Bertz CT molecular complexity index is 1550. The van der Waals surface area contributed by atoms with E-state index in [-0.39, 0.29) is 30.0 Å². The van der Waals surface area contributed by atoms with E-state index in [1.807, 2.05) is 12.1 Å². The first-order valence-electron chi connectivity index (χ1n) is 16.2. The highest BCUT2D eigenvalue weighted by molar-refractivity contribution is 7.22. The number of anilines is 1. The molecule has 0 unspecified atom stereocenters. The van der Waals surface area contributed by atoms with Crippen LogP contribution in [-0.2, 0) is 20.9 Å². The van der Waals surface area contributed by atoms with Gasteiger partial charge < -0.3 is 20.1 Å². The number of aliphatic hydroxyl groups is 1. The number of carbonyl (C=O) groups is 2. The van der Waals surface area contributed by atoms with Gasteiger partial charge in [0.25, 0.3) is 0 Å². The highest BCUT2D eigenvalue weighted by atomic mass is 32.1. The summed E-state index contributed by atoms with van der Waals surface area (Å²) in [5.74, 6) is 1.85. The van der Waals surface area contributed by atoms with Crippen molar-refractivity contribution in [1.82, 2.24) is 24.8 Å². The summed E-state index contributed by atoms with van der Waals surface area (Å²) in [4.78, 5) is 44.3. The molecule has 3 heterocycles. The summed E-state index contributed by atoms with van der Waals surface area (Å²) in [5, 5.41) is 13.6. The van der Waals surface area contributed by atoms with E-state index in [2.05, 4.69) is 43.1 Å². The van der Waals surface area contributed by atoms with Gasteiger partial charge in [0.2, 0.25) is 11.8 Å². The molecule has 6 fully saturated rings. The molecule has 3 aromatic rings. The summed E-state index contributed by atoms with van der Waals surface area (Å²) < 4.78 is 6.80. The van der Waals surface area contributed by atoms with Gasteiger partial charge >= 0.3 is 0 Å². The van der Waals surface area contributed by atoms with E-state index in [1.54, 1.807) is 12.4 Å². The number of carbonyl (C=O) groups excluding carboxylic acids is 2. The Hall–Kier alpha value is -2.99. The van der Waals surface area contributed by atoms with Crippen molar-refractivity contribution < 1.29 is 19.4 Å². The molecule has 3 atom stereocenters. The van der Waals surface area contributed by atoms with Crippen LogP contribution < -0.4 is 5.32 Å². The van der Waals surface area contributed by atoms with Crippen molar-refractivity contribution >= 4 is 38.5 Å². The zero-order valence-corrected chi connectivity index (χ0v) is 26.0. The van der Waals surface area contributed by atoms with Gasteiger partial charge in [-0.15, -0.1) is 0 Å². The molecule has 6 aliphatic rings. The Morgan fingerprint density at radius 3 is 2.59 bits per heavy atom. The number of aliphatic hydroxyl groups excluding tert-OH is 1. The molecule has 2 bridgehead atoms. The van der Waals surface area contributed by atoms with Crippen LogP contribution in [0.25, 0.3) is 21.3 Å². The van der Waals surface area contributed by atoms with Crippen LogP contribution in [0.1, 0.15) is 64.1 Å². The van der Waals surface area contributed by atoms with E-state index in [9.17, 15) is 14.7 Å². The maximum atomic E-state index is 13.1. The molecule has 2 N–H and O–H groups in total. The van der Waals surface area contributed by atoms with Crippen LogP contribution in [-0.4, -0.2) is 85.6 Å². The van der Waals surface area contributed by atoms with Gasteiger partial charge in [0.1, 0.15) is 6.61 Å². The monoisotopic (exact) mass is 616 g/mol. The predicted octanol–water partition coefficient (Wildman–Crippen LogP) is 4.23. The van der Waals surface area contributed by atoms with E-state index in [0.717, 1.165) is 98.3 Å². The van der Waals surface area contributed by atoms with E-state index in [0.29, 0.717) is 28.9 Å². The lowest BCUT2D eigenvalue weighted by Crippen LogP contribution is -2.66. The van der Waals surface area contributed by atoms with E-state index < -0.39 is 6.10 Å². The standard InChI is InChI=1S/C33H40N6O4S/c1-19-17-38(31(42)33-12-20(13-33)14-33)7-8-39(19)24-9-22(10-24)30(41)37-32-36-25-6-5-21(11-28(25)44-32)23-15-34-29(35-16-23)18-43-27-4-2-3-26(27)40/h5-6,11,15-16,19-20,22,24,26-27,40H,2-4,7-10,12-14,17-18H2,1H3,(H,36,37,41)/t19-,20?,22?,24?,26-,27-,33?/m0/s1. The lowest BCUT2D eigenvalue weighted by Gasteiger charge is -2.62. The topological polar surface area (TPSA) is 121 Å². The Morgan fingerprint density at radius 2 is 1.91 bits per heavy atom. The first kappa shape index (κ1) is 28.5. The Balaban J connectivity index is 0.831. The summed E-state index contributed by atoms with van der Waals surface area (Å²) in [6.07, 6.45) is 10.8. The summed E-state index contributed by atoms with van der Waals surface area (Å²) in [5.41, 5.74) is 2.74. The number of hydrogen-bond acceptors (Lipinski definition) is 9. The molecule has 1 saturated heterocycles. The molecule has 44 heavy (non-hydrogen) atoms.